The molecule has 1 heterocycles. The van der Waals surface area contributed by atoms with Gasteiger partial charge in [0.15, 0.2) is 0 Å². The standard InChI is InChI=1S/C10H8O4S/c1-14-10(11)8-4-2-3-7-5-6-15(12,13)9(7)8/h2-6H,1H3. The van der Waals surface area contributed by atoms with Gasteiger partial charge in [-0.2, -0.15) is 0 Å². The van der Waals surface area contributed by atoms with Gasteiger partial charge in [-0.25, -0.2) is 13.2 Å². The Hall–Kier alpha value is -1.62. The van der Waals surface area contributed by atoms with Crippen LogP contribution in [0.3, 0.4) is 0 Å². The molecule has 0 spiro atoms. The zero-order valence-corrected chi connectivity index (χ0v) is 8.74. The summed E-state index contributed by atoms with van der Waals surface area (Å²) in [4.78, 5) is 11.4. The molecule has 2 rings (SSSR count). The van der Waals surface area contributed by atoms with E-state index in [1.165, 1.54) is 19.3 Å². The van der Waals surface area contributed by atoms with E-state index in [1.54, 1.807) is 12.1 Å². The van der Waals surface area contributed by atoms with Gasteiger partial charge in [0.1, 0.15) is 0 Å². The van der Waals surface area contributed by atoms with E-state index in [0.717, 1.165) is 5.41 Å². The van der Waals surface area contributed by atoms with Crippen LogP contribution < -0.4 is 0 Å². The molecular weight excluding hydrogens is 216 g/mol. The highest BCUT2D eigenvalue weighted by Gasteiger charge is 2.27. The maximum absolute atomic E-state index is 11.6. The van der Waals surface area contributed by atoms with E-state index in [1.807, 2.05) is 0 Å². The number of sulfone groups is 1. The van der Waals surface area contributed by atoms with Gasteiger partial charge in [-0.1, -0.05) is 12.1 Å². The normalized spacial score (nSPS) is 16.1. The smallest absolute Gasteiger partial charge is 0.339 e. The Morgan fingerprint density at radius 2 is 2.07 bits per heavy atom. The molecule has 78 valence electrons. The fraction of sp³-hybridized carbons (Fsp3) is 0.100. The first-order chi connectivity index (χ1) is 7.06. The van der Waals surface area contributed by atoms with Crippen LogP contribution in [-0.4, -0.2) is 21.5 Å². The van der Waals surface area contributed by atoms with Gasteiger partial charge in [0.2, 0.25) is 9.84 Å². The monoisotopic (exact) mass is 224 g/mol. The predicted molar refractivity (Wildman–Crippen MR) is 54.0 cm³/mol. The van der Waals surface area contributed by atoms with Gasteiger partial charge in [0.25, 0.3) is 0 Å². The molecule has 0 aromatic heterocycles. The summed E-state index contributed by atoms with van der Waals surface area (Å²) in [6.07, 6.45) is 1.47. The topological polar surface area (TPSA) is 60.4 Å². The lowest BCUT2D eigenvalue weighted by Crippen LogP contribution is -2.08. The van der Waals surface area contributed by atoms with Crippen molar-refractivity contribution in [1.29, 1.82) is 0 Å². The molecule has 0 amide bonds. The minimum Gasteiger partial charge on any atom is -0.465 e. The Balaban J connectivity index is 2.74. The number of hydrogen-bond acceptors (Lipinski definition) is 4. The fourth-order valence-electron chi connectivity index (χ4n) is 1.51. The molecule has 1 aromatic carbocycles. The Morgan fingerprint density at radius 3 is 2.73 bits per heavy atom. The van der Waals surface area contributed by atoms with Crippen LogP contribution >= 0.6 is 0 Å². The third kappa shape index (κ3) is 1.45. The van der Waals surface area contributed by atoms with Crippen molar-refractivity contribution in [2.24, 2.45) is 0 Å². The molecule has 1 aromatic rings. The van der Waals surface area contributed by atoms with E-state index in [9.17, 15) is 13.2 Å². The molecule has 0 bridgehead atoms. The number of carbonyl (C=O) groups is 1. The first-order valence-electron chi connectivity index (χ1n) is 4.21. The molecule has 0 N–H and O–H groups in total. The number of carbonyl (C=O) groups excluding carboxylic acids is 1. The van der Waals surface area contributed by atoms with Crippen LogP contribution in [0.1, 0.15) is 15.9 Å². The first-order valence-corrected chi connectivity index (χ1v) is 5.75. The Kier molecular flexibility index (Phi) is 2.12. The highest BCUT2D eigenvalue weighted by Crippen LogP contribution is 2.30. The molecule has 4 nitrogen and oxygen atoms in total. The van der Waals surface area contributed by atoms with Crippen LogP contribution in [0.15, 0.2) is 28.5 Å². The van der Waals surface area contributed by atoms with Gasteiger partial charge >= 0.3 is 5.97 Å². The molecule has 5 heteroatoms. The van der Waals surface area contributed by atoms with Gasteiger partial charge < -0.3 is 4.74 Å². The number of esters is 1. The van der Waals surface area contributed by atoms with Crippen molar-refractivity contribution < 1.29 is 17.9 Å². The zero-order chi connectivity index (χ0) is 11.1. The second-order valence-electron chi connectivity index (χ2n) is 3.06. The van der Waals surface area contributed by atoms with Gasteiger partial charge in [-0.15, -0.1) is 0 Å². The van der Waals surface area contributed by atoms with Gasteiger partial charge in [-0.05, 0) is 17.7 Å². The number of fused-ring (bicyclic) bond motifs is 1. The molecule has 1 aliphatic rings. The number of hydrogen-bond donors (Lipinski definition) is 0. The highest BCUT2D eigenvalue weighted by atomic mass is 32.2. The summed E-state index contributed by atoms with van der Waals surface area (Å²) in [7, 11) is -2.25. The summed E-state index contributed by atoms with van der Waals surface area (Å²) >= 11 is 0. The van der Waals surface area contributed by atoms with Crippen LogP contribution in [0.5, 0.6) is 0 Å². The molecule has 0 unspecified atom stereocenters. The van der Waals surface area contributed by atoms with E-state index < -0.39 is 15.8 Å². The number of benzene rings is 1. The summed E-state index contributed by atoms with van der Waals surface area (Å²) in [5.74, 6) is -0.640. The van der Waals surface area contributed by atoms with E-state index in [0.29, 0.717) is 5.56 Å². The van der Waals surface area contributed by atoms with Crippen molar-refractivity contribution in [3.63, 3.8) is 0 Å². The third-order valence-corrected chi connectivity index (χ3v) is 3.68. The van der Waals surface area contributed by atoms with Gasteiger partial charge in [0, 0.05) is 5.41 Å². The summed E-state index contributed by atoms with van der Waals surface area (Å²) < 4.78 is 27.7. The quantitative estimate of drug-likeness (QED) is 0.673. The number of rotatable bonds is 1. The lowest BCUT2D eigenvalue weighted by Gasteiger charge is -2.05. The van der Waals surface area contributed by atoms with Crippen molar-refractivity contribution in [2.45, 2.75) is 4.90 Å². The Labute approximate surface area is 87.1 Å². The van der Waals surface area contributed by atoms with Crippen molar-refractivity contribution in [2.75, 3.05) is 7.11 Å². The first kappa shape index (κ1) is 9.92. The van der Waals surface area contributed by atoms with Gasteiger partial charge in [-0.3, -0.25) is 0 Å². The summed E-state index contributed by atoms with van der Waals surface area (Å²) in [6.45, 7) is 0. The molecule has 0 fully saturated rings. The molecule has 0 atom stereocenters. The van der Waals surface area contributed by atoms with Gasteiger partial charge in [0.05, 0.1) is 17.6 Å². The number of methoxy groups -OCH3 is 1. The molecule has 0 aliphatic carbocycles. The van der Waals surface area contributed by atoms with Crippen molar-refractivity contribution in [3.8, 4) is 0 Å². The Morgan fingerprint density at radius 1 is 1.33 bits per heavy atom. The zero-order valence-electron chi connectivity index (χ0n) is 7.93. The molecule has 15 heavy (non-hydrogen) atoms. The van der Waals surface area contributed by atoms with E-state index >= 15 is 0 Å². The lowest BCUT2D eigenvalue weighted by molar-refractivity contribution is 0.0596. The summed E-state index contributed by atoms with van der Waals surface area (Å²) in [6, 6.07) is 4.70. The van der Waals surface area contributed by atoms with Crippen molar-refractivity contribution in [3.05, 3.63) is 34.7 Å². The Bertz CT molecular complexity index is 555. The molecule has 1 aliphatic heterocycles. The van der Waals surface area contributed by atoms with Crippen LogP contribution in [0.4, 0.5) is 0 Å². The lowest BCUT2D eigenvalue weighted by atomic mass is 10.1. The van der Waals surface area contributed by atoms with Crippen LogP contribution in [0, 0.1) is 0 Å². The van der Waals surface area contributed by atoms with E-state index in [4.69, 9.17) is 0 Å². The van der Waals surface area contributed by atoms with Crippen LogP contribution in [-0.2, 0) is 14.6 Å². The fourth-order valence-corrected chi connectivity index (χ4v) is 2.89. The van der Waals surface area contributed by atoms with Crippen LogP contribution in [0.25, 0.3) is 6.08 Å². The van der Waals surface area contributed by atoms with E-state index in [2.05, 4.69) is 4.74 Å². The molecule has 0 radical (unpaired) electrons. The molecule has 0 saturated heterocycles. The average Bonchev–Trinajstić information content (AvgIpc) is 2.54. The molecular formula is C10H8O4S. The van der Waals surface area contributed by atoms with Crippen molar-refractivity contribution in [1.82, 2.24) is 0 Å². The second-order valence-corrected chi connectivity index (χ2v) is 4.83. The van der Waals surface area contributed by atoms with Crippen molar-refractivity contribution >= 4 is 21.9 Å². The highest BCUT2D eigenvalue weighted by molar-refractivity contribution is 7.95. The van der Waals surface area contributed by atoms with E-state index in [-0.39, 0.29) is 10.5 Å². The summed E-state index contributed by atoms with van der Waals surface area (Å²) in [5.41, 5.74) is 0.609. The number of ether oxygens (including phenoxy) is 1. The molecule has 0 saturated carbocycles. The average molecular weight is 224 g/mol. The predicted octanol–water partition coefficient (Wildman–Crippen LogP) is 1.23. The maximum atomic E-state index is 11.6. The minimum absolute atomic E-state index is 0.0388. The third-order valence-electron chi connectivity index (χ3n) is 2.16. The minimum atomic E-state index is -3.47. The maximum Gasteiger partial charge on any atom is 0.339 e. The SMILES string of the molecule is COC(=O)c1cccc2c1S(=O)(=O)C=C2. The summed E-state index contributed by atoms with van der Waals surface area (Å²) in [5, 5.41) is 1.09. The van der Waals surface area contributed by atoms with Crippen LogP contribution in [0.2, 0.25) is 0 Å². The second kappa shape index (κ2) is 3.20. The largest absolute Gasteiger partial charge is 0.465 e.